The number of nitrogens with one attached hydrogen (secondary N) is 1. The van der Waals surface area contributed by atoms with Crippen molar-refractivity contribution < 1.29 is 8.42 Å². The fourth-order valence-electron chi connectivity index (χ4n) is 2.34. The topological polar surface area (TPSA) is 75.4 Å². The molecule has 1 aliphatic heterocycles. The van der Waals surface area contributed by atoms with Crippen LogP contribution in [-0.4, -0.2) is 31.9 Å². The zero-order chi connectivity index (χ0) is 13.9. The Morgan fingerprint density at radius 1 is 1.21 bits per heavy atom. The number of hydrazine groups is 1. The fourth-order valence-corrected chi connectivity index (χ4v) is 3.83. The lowest BCUT2D eigenvalue weighted by Gasteiger charge is -2.20. The molecule has 1 heterocycles. The first kappa shape index (κ1) is 14.5. The Morgan fingerprint density at radius 3 is 2.53 bits per heavy atom. The highest BCUT2D eigenvalue weighted by molar-refractivity contribution is 7.89. The van der Waals surface area contributed by atoms with Gasteiger partial charge in [-0.15, -0.1) is 0 Å². The minimum absolute atomic E-state index is 0.207. The highest BCUT2D eigenvalue weighted by atomic mass is 32.2. The molecule has 1 saturated heterocycles. The molecule has 2 rings (SSSR count). The van der Waals surface area contributed by atoms with E-state index in [-0.39, 0.29) is 6.04 Å². The molecule has 6 heteroatoms. The molecule has 5 nitrogen and oxygen atoms in total. The Kier molecular flexibility index (Phi) is 4.57. The van der Waals surface area contributed by atoms with E-state index in [0.29, 0.717) is 18.0 Å². The summed E-state index contributed by atoms with van der Waals surface area (Å²) in [6, 6.07) is 7.21. The number of hydrogen-bond acceptors (Lipinski definition) is 4. The summed E-state index contributed by atoms with van der Waals surface area (Å²) >= 11 is 0. The van der Waals surface area contributed by atoms with Gasteiger partial charge in [-0.25, -0.2) is 8.42 Å². The third kappa shape index (κ3) is 3.33. The van der Waals surface area contributed by atoms with E-state index in [2.05, 4.69) is 5.43 Å². The van der Waals surface area contributed by atoms with Crippen LogP contribution in [0.15, 0.2) is 29.2 Å². The van der Waals surface area contributed by atoms with Crippen molar-refractivity contribution in [1.82, 2.24) is 9.73 Å². The smallest absolute Gasteiger partial charge is 0.243 e. The van der Waals surface area contributed by atoms with E-state index in [9.17, 15) is 8.42 Å². The lowest BCUT2D eigenvalue weighted by atomic mass is 10.1. The molecule has 1 atom stereocenters. The lowest BCUT2D eigenvalue weighted by Crippen LogP contribution is -2.37. The minimum Gasteiger partial charge on any atom is -0.271 e. The van der Waals surface area contributed by atoms with Crippen LogP contribution in [-0.2, 0) is 10.0 Å². The van der Waals surface area contributed by atoms with Gasteiger partial charge in [-0.1, -0.05) is 17.7 Å². The molecule has 1 aromatic carbocycles. The summed E-state index contributed by atoms with van der Waals surface area (Å²) in [5.41, 5.74) is 3.80. The van der Waals surface area contributed by atoms with Crippen LogP contribution < -0.4 is 11.3 Å². The molecule has 19 heavy (non-hydrogen) atoms. The summed E-state index contributed by atoms with van der Waals surface area (Å²) in [5, 5.41) is 0. The highest BCUT2D eigenvalue weighted by Gasteiger charge is 2.27. The number of nitrogens with two attached hydrogens (primary N) is 1. The van der Waals surface area contributed by atoms with Crippen molar-refractivity contribution in [3.8, 4) is 0 Å². The van der Waals surface area contributed by atoms with Gasteiger partial charge in [0.2, 0.25) is 10.0 Å². The minimum atomic E-state index is -3.37. The normalized spacial score (nSPS) is 22.1. The van der Waals surface area contributed by atoms with Crippen molar-refractivity contribution in [1.29, 1.82) is 0 Å². The summed E-state index contributed by atoms with van der Waals surface area (Å²) in [5.74, 6) is 5.44. The Bertz CT molecular complexity index is 513. The summed E-state index contributed by atoms with van der Waals surface area (Å²) < 4.78 is 26.6. The summed E-state index contributed by atoms with van der Waals surface area (Å²) in [6.07, 6.45) is 2.50. The molecule has 0 unspecified atom stereocenters. The largest absolute Gasteiger partial charge is 0.271 e. The Labute approximate surface area is 114 Å². The van der Waals surface area contributed by atoms with Crippen molar-refractivity contribution in [3.63, 3.8) is 0 Å². The van der Waals surface area contributed by atoms with Gasteiger partial charge >= 0.3 is 0 Å². The second kappa shape index (κ2) is 6.00. The van der Waals surface area contributed by atoms with Crippen LogP contribution in [0.5, 0.6) is 0 Å². The van der Waals surface area contributed by atoms with Crippen LogP contribution >= 0.6 is 0 Å². The Balaban J connectivity index is 2.17. The first-order chi connectivity index (χ1) is 9.04. The quantitative estimate of drug-likeness (QED) is 0.641. The third-order valence-electron chi connectivity index (χ3n) is 3.58. The van der Waals surface area contributed by atoms with Crippen LogP contribution in [0.4, 0.5) is 0 Å². The molecule has 1 aromatic rings. The Morgan fingerprint density at radius 2 is 1.89 bits per heavy atom. The maximum absolute atomic E-state index is 12.5. The van der Waals surface area contributed by atoms with E-state index < -0.39 is 10.0 Å². The molecule has 106 valence electrons. The van der Waals surface area contributed by atoms with Crippen molar-refractivity contribution >= 4 is 10.0 Å². The first-order valence-electron chi connectivity index (χ1n) is 6.57. The fraction of sp³-hybridized carbons (Fsp3) is 0.538. The number of aryl methyl sites for hydroxylation is 1. The van der Waals surface area contributed by atoms with Gasteiger partial charge in [0.25, 0.3) is 0 Å². The number of nitrogens with zero attached hydrogens (tertiary/aromatic N) is 1. The van der Waals surface area contributed by atoms with E-state index in [0.717, 1.165) is 24.8 Å². The number of sulfonamides is 1. The molecule has 0 aliphatic carbocycles. The summed E-state index contributed by atoms with van der Waals surface area (Å²) in [4.78, 5) is 0.372. The number of hydrogen-bond donors (Lipinski definition) is 2. The highest BCUT2D eigenvalue weighted by Crippen LogP contribution is 2.20. The average molecular weight is 283 g/mol. The molecular weight excluding hydrogens is 262 g/mol. The maximum atomic E-state index is 12.5. The third-order valence-corrected chi connectivity index (χ3v) is 5.49. The summed E-state index contributed by atoms with van der Waals surface area (Å²) in [7, 11) is -3.37. The van der Waals surface area contributed by atoms with Crippen LogP contribution in [0.3, 0.4) is 0 Å². The number of benzene rings is 1. The monoisotopic (exact) mass is 283 g/mol. The van der Waals surface area contributed by atoms with Crippen molar-refractivity contribution in [2.45, 2.75) is 37.1 Å². The van der Waals surface area contributed by atoms with E-state index in [1.54, 1.807) is 16.4 Å². The van der Waals surface area contributed by atoms with Crippen LogP contribution in [0.2, 0.25) is 0 Å². The standard InChI is InChI=1S/C13H21N3O2S/c1-11-4-6-13(7-5-11)19(17,18)16-9-2-3-12(15-14)8-10-16/h4-7,12,15H,2-3,8-10,14H2,1H3/t12-/m1/s1. The van der Waals surface area contributed by atoms with E-state index in [1.165, 1.54) is 0 Å². The predicted molar refractivity (Wildman–Crippen MR) is 74.9 cm³/mol. The van der Waals surface area contributed by atoms with Gasteiger partial charge in [-0.05, 0) is 38.3 Å². The van der Waals surface area contributed by atoms with Crippen molar-refractivity contribution in [2.24, 2.45) is 5.84 Å². The molecule has 1 fully saturated rings. The molecular formula is C13H21N3O2S. The van der Waals surface area contributed by atoms with Crippen LogP contribution in [0, 0.1) is 6.92 Å². The van der Waals surface area contributed by atoms with Gasteiger partial charge in [-0.2, -0.15) is 4.31 Å². The van der Waals surface area contributed by atoms with Crippen LogP contribution in [0.25, 0.3) is 0 Å². The lowest BCUT2D eigenvalue weighted by molar-refractivity contribution is 0.415. The van der Waals surface area contributed by atoms with Gasteiger partial charge in [0.15, 0.2) is 0 Å². The van der Waals surface area contributed by atoms with Gasteiger partial charge in [0, 0.05) is 19.1 Å². The summed E-state index contributed by atoms with van der Waals surface area (Å²) in [6.45, 7) is 3.03. The first-order valence-corrected chi connectivity index (χ1v) is 8.01. The molecule has 0 amide bonds. The molecule has 0 saturated carbocycles. The Hall–Kier alpha value is -0.950. The second-order valence-electron chi connectivity index (χ2n) is 5.01. The second-order valence-corrected chi connectivity index (χ2v) is 6.95. The van der Waals surface area contributed by atoms with Crippen molar-refractivity contribution in [3.05, 3.63) is 29.8 Å². The van der Waals surface area contributed by atoms with Gasteiger partial charge in [0.05, 0.1) is 4.90 Å². The molecule has 3 N–H and O–H groups in total. The average Bonchev–Trinajstić information content (AvgIpc) is 2.65. The molecule has 0 bridgehead atoms. The number of rotatable bonds is 3. The van der Waals surface area contributed by atoms with Crippen molar-refractivity contribution in [2.75, 3.05) is 13.1 Å². The van der Waals surface area contributed by atoms with Gasteiger partial charge in [0.1, 0.15) is 0 Å². The zero-order valence-electron chi connectivity index (χ0n) is 11.2. The molecule has 1 aliphatic rings. The molecule has 0 aromatic heterocycles. The van der Waals surface area contributed by atoms with Gasteiger partial charge in [-0.3, -0.25) is 11.3 Å². The zero-order valence-corrected chi connectivity index (χ0v) is 12.0. The maximum Gasteiger partial charge on any atom is 0.243 e. The van der Waals surface area contributed by atoms with Crippen LogP contribution in [0.1, 0.15) is 24.8 Å². The predicted octanol–water partition coefficient (Wildman–Crippen LogP) is 1.00. The van der Waals surface area contributed by atoms with E-state index in [1.807, 2.05) is 19.1 Å². The molecule has 0 radical (unpaired) electrons. The SMILES string of the molecule is Cc1ccc(S(=O)(=O)N2CCC[C@@H](NN)CC2)cc1. The van der Waals surface area contributed by atoms with E-state index in [4.69, 9.17) is 5.84 Å². The van der Waals surface area contributed by atoms with Gasteiger partial charge < -0.3 is 0 Å². The molecule has 0 spiro atoms. The van der Waals surface area contributed by atoms with E-state index >= 15 is 0 Å².